The zero-order valence-electron chi connectivity index (χ0n) is 11.0. The maximum atomic E-state index is 9.24. The van der Waals surface area contributed by atoms with Crippen LogP contribution in [0.1, 0.15) is 38.3 Å². The summed E-state index contributed by atoms with van der Waals surface area (Å²) in [7, 11) is 0. The maximum Gasteiger partial charge on any atom is 0.186 e. The summed E-state index contributed by atoms with van der Waals surface area (Å²) in [5.41, 5.74) is 2.10. The Morgan fingerprint density at radius 2 is 1.95 bits per heavy atom. The molecular formula is C15H16N4. The van der Waals surface area contributed by atoms with Crippen LogP contribution in [0.5, 0.6) is 0 Å². The lowest BCUT2D eigenvalue weighted by Gasteiger charge is -2.27. The highest BCUT2D eigenvalue weighted by Crippen LogP contribution is 2.35. The van der Waals surface area contributed by atoms with Crippen molar-refractivity contribution in [3.63, 3.8) is 0 Å². The van der Waals surface area contributed by atoms with Crippen LogP contribution in [-0.4, -0.2) is 15.7 Å². The largest absolute Gasteiger partial charge is 0.377 e. The van der Waals surface area contributed by atoms with Crippen LogP contribution < -0.4 is 5.32 Å². The summed E-state index contributed by atoms with van der Waals surface area (Å²) in [5, 5.41) is 21.9. The molecule has 0 unspecified atom stereocenters. The number of nitrogens with one attached hydrogen (secondary N) is 1. The monoisotopic (exact) mass is 252 g/mol. The van der Waals surface area contributed by atoms with Gasteiger partial charge in [0.2, 0.25) is 0 Å². The van der Waals surface area contributed by atoms with Crippen molar-refractivity contribution in [1.82, 2.24) is 10.2 Å². The first-order chi connectivity index (χ1) is 9.22. The Morgan fingerprint density at radius 3 is 2.68 bits per heavy atom. The number of fused-ring (bicyclic) bond motifs is 1. The molecule has 0 radical (unpaired) electrons. The molecular weight excluding hydrogens is 236 g/mol. The molecule has 19 heavy (non-hydrogen) atoms. The molecule has 0 amide bonds. The van der Waals surface area contributed by atoms with Gasteiger partial charge in [0.05, 0.1) is 11.2 Å². The average Bonchev–Trinajstić information content (AvgIpc) is 2.86. The van der Waals surface area contributed by atoms with Crippen molar-refractivity contribution in [3.8, 4) is 6.07 Å². The van der Waals surface area contributed by atoms with Crippen LogP contribution in [0.2, 0.25) is 0 Å². The van der Waals surface area contributed by atoms with E-state index in [0.717, 1.165) is 29.4 Å². The summed E-state index contributed by atoms with van der Waals surface area (Å²) in [6.07, 6.45) is 4.74. The molecule has 0 spiro atoms. The van der Waals surface area contributed by atoms with E-state index in [-0.39, 0.29) is 5.54 Å². The third-order valence-corrected chi connectivity index (χ3v) is 3.91. The van der Waals surface area contributed by atoms with Crippen molar-refractivity contribution in [2.45, 2.75) is 38.1 Å². The molecule has 96 valence electrons. The van der Waals surface area contributed by atoms with Gasteiger partial charge in [-0.2, -0.15) is 5.26 Å². The zero-order chi connectivity index (χ0) is 13.3. The van der Waals surface area contributed by atoms with E-state index in [0.29, 0.717) is 5.69 Å². The first-order valence-corrected chi connectivity index (χ1v) is 6.66. The molecule has 3 rings (SSSR count). The fourth-order valence-corrected chi connectivity index (χ4v) is 2.84. The highest BCUT2D eigenvalue weighted by atomic mass is 15.1. The lowest BCUT2D eigenvalue weighted by atomic mass is 9.99. The van der Waals surface area contributed by atoms with Gasteiger partial charge in [-0.05, 0) is 25.8 Å². The van der Waals surface area contributed by atoms with Crippen LogP contribution >= 0.6 is 0 Å². The molecule has 4 heteroatoms. The third kappa shape index (κ3) is 2.12. The second-order valence-corrected chi connectivity index (χ2v) is 5.45. The van der Waals surface area contributed by atoms with E-state index in [9.17, 15) is 5.26 Å². The summed E-state index contributed by atoms with van der Waals surface area (Å²) in [6, 6.07) is 9.96. The van der Waals surface area contributed by atoms with Gasteiger partial charge < -0.3 is 5.32 Å². The Bertz CT molecular complexity index is 651. The summed E-state index contributed by atoms with van der Waals surface area (Å²) in [5.74, 6) is 0. The van der Waals surface area contributed by atoms with Crippen LogP contribution in [-0.2, 0) is 0 Å². The Balaban J connectivity index is 2.12. The van der Waals surface area contributed by atoms with Crippen LogP contribution in [0.15, 0.2) is 24.3 Å². The Morgan fingerprint density at radius 1 is 1.21 bits per heavy atom. The topological polar surface area (TPSA) is 61.6 Å². The second kappa shape index (κ2) is 4.51. The highest BCUT2D eigenvalue weighted by molar-refractivity contribution is 5.93. The minimum Gasteiger partial charge on any atom is -0.377 e. The molecule has 1 heterocycles. The molecule has 1 saturated carbocycles. The molecule has 1 aliphatic rings. The number of hydrogen-bond acceptors (Lipinski definition) is 4. The van der Waals surface area contributed by atoms with Crippen LogP contribution in [0.25, 0.3) is 10.9 Å². The number of anilines is 1. The maximum absolute atomic E-state index is 9.24. The molecule has 0 saturated heterocycles. The van der Waals surface area contributed by atoms with Gasteiger partial charge in [-0.15, -0.1) is 10.2 Å². The van der Waals surface area contributed by atoms with Gasteiger partial charge in [0, 0.05) is 10.9 Å². The lowest BCUT2D eigenvalue weighted by molar-refractivity contribution is 0.533. The van der Waals surface area contributed by atoms with E-state index in [4.69, 9.17) is 0 Å². The Labute approximate surface area is 112 Å². The van der Waals surface area contributed by atoms with Crippen molar-refractivity contribution in [3.05, 3.63) is 30.0 Å². The van der Waals surface area contributed by atoms with E-state index in [1.807, 2.05) is 24.3 Å². The second-order valence-electron chi connectivity index (χ2n) is 5.45. The number of nitrogens with zero attached hydrogens (tertiary/aromatic N) is 3. The normalized spacial score (nSPS) is 17.3. The summed E-state index contributed by atoms with van der Waals surface area (Å²) >= 11 is 0. The number of benzene rings is 1. The van der Waals surface area contributed by atoms with Gasteiger partial charge in [-0.25, -0.2) is 0 Å². The molecule has 1 aliphatic carbocycles. The zero-order valence-corrected chi connectivity index (χ0v) is 11.0. The van der Waals surface area contributed by atoms with Crippen LogP contribution in [0.3, 0.4) is 0 Å². The van der Waals surface area contributed by atoms with E-state index in [2.05, 4.69) is 28.5 Å². The minimum atomic E-state index is 0.0669. The highest BCUT2D eigenvalue weighted by Gasteiger charge is 2.29. The standard InChI is InChI=1S/C15H16N4/c1-15(8-4-5-9-15)17-14-11-6-2-3-7-12(11)18-19-13(14)10-16/h2-3,6-7H,4-5,8-9H2,1H3,(H,17,18). The smallest absolute Gasteiger partial charge is 0.186 e. The predicted molar refractivity (Wildman–Crippen MR) is 74.7 cm³/mol. The quantitative estimate of drug-likeness (QED) is 0.891. The Hall–Kier alpha value is -2.15. The Kier molecular flexibility index (Phi) is 2.83. The molecule has 1 aromatic carbocycles. The van der Waals surface area contributed by atoms with E-state index < -0.39 is 0 Å². The number of nitriles is 1. The summed E-state index contributed by atoms with van der Waals surface area (Å²) in [6.45, 7) is 2.22. The van der Waals surface area contributed by atoms with Gasteiger partial charge in [0.25, 0.3) is 0 Å². The van der Waals surface area contributed by atoms with E-state index in [1.165, 1.54) is 12.8 Å². The number of aromatic nitrogens is 2. The van der Waals surface area contributed by atoms with Crippen molar-refractivity contribution in [2.75, 3.05) is 5.32 Å². The fourth-order valence-electron chi connectivity index (χ4n) is 2.84. The van der Waals surface area contributed by atoms with Gasteiger partial charge in [0.1, 0.15) is 6.07 Å². The van der Waals surface area contributed by atoms with Gasteiger partial charge in [-0.1, -0.05) is 31.0 Å². The van der Waals surface area contributed by atoms with Gasteiger partial charge in [-0.3, -0.25) is 0 Å². The van der Waals surface area contributed by atoms with E-state index >= 15 is 0 Å². The molecule has 1 aromatic heterocycles. The minimum absolute atomic E-state index is 0.0669. The predicted octanol–water partition coefficient (Wildman–Crippen LogP) is 3.25. The van der Waals surface area contributed by atoms with Crippen molar-refractivity contribution >= 4 is 16.6 Å². The molecule has 0 aliphatic heterocycles. The van der Waals surface area contributed by atoms with Crippen LogP contribution in [0, 0.1) is 11.3 Å². The molecule has 1 fully saturated rings. The summed E-state index contributed by atoms with van der Waals surface area (Å²) in [4.78, 5) is 0. The van der Waals surface area contributed by atoms with E-state index in [1.54, 1.807) is 0 Å². The SMILES string of the molecule is CC1(Nc2c(C#N)nnc3ccccc23)CCCC1. The molecule has 0 bridgehead atoms. The lowest BCUT2D eigenvalue weighted by Crippen LogP contribution is -2.31. The van der Waals surface area contributed by atoms with Gasteiger partial charge >= 0.3 is 0 Å². The molecule has 1 N–H and O–H groups in total. The first kappa shape index (κ1) is 11.9. The fraction of sp³-hybridized carbons (Fsp3) is 0.400. The molecule has 4 nitrogen and oxygen atoms in total. The number of rotatable bonds is 2. The third-order valence-electron chi connectivity index (χ3n) is 3.91. The van der Waals surface area contributed by atoms with Crippen LogP contribution in [0.4, 0.5) is 5.69 Å². The average molecular weight is 252 g/mol. The number of hydrogen-bond donors (Lipinski definition) is 1. The van der Waals surface area contributed by atoms with Crippen molar-refractivity contribution in [2.24, 2.45) is 0 Å². The molecule has 2 aromatic rings. The summed E-state index contributed by atoms with van der Waals surface area (Å²) < 4.78 is 0. The van der Waals surface area contributed by atoms with Crippen molar-refractivity contribution in [1.29, 1.82) is 5.26 Å². The molecule has 0 atom stereocenters. The van der Waals surface area contributed by atoms with Crippen molar-refractivity contribution < 1.29 is 0 Å². The first-order valence-electron chi connectivity index (χ1n) is 6.66. The van der Waals surface area contributed by atoms with Gasteiger partial charge in [0.15, 0.2) is 5.69 Å².